The van der Waals surface area contributed by atoms with Gasteiger partial charge in [-0.05, 0) is 12.5 Å². The number of nitrogens with zero attached hydrogens (tertiary/aromatic N) is 1. The summed E-state index contributed by atoms with van der Waals surface area (Å²) < 4.78 is 5.15. The summed E-state index contributed by atoms with van der Waals surface area (Å²) in [5, 5.41) is 11.7. The van der Waals surface area contributed by atoms with Crippen LogP contribution < -0.4 is 5.32 Å². The Hall–Kier alpha value is -2.08. The molecule has 0 unspecified atom stereocenters. The highest BCUT2D eigenvalue weighted by atomic mass is 16.5. The van der Waals surface area contributed by atoms with Crippen LogP contribution in [0.1, 0.15) is 18.5 Å². The normalized spacial score (nSPS) is 11.7. The van der Waals surface area contributed by atoms with Crippen LogP contribution in [0.4, 0.5) is 4.79 Å². The van der Waals surface area contributed by atoms with Gasteiger partial charge in [-0.3, -0.25) is 0 Å². The number of rotatable bonds is 7. The fourth-order valence-electron chi connectivity index (χ4n) is 1.61. The van der Waals surface area contributed by atoms with E-state index in [1.54, 1.807) is 37.4 Å². The molecular formula is C14H20N2O4. The van der Waals surface area contributed by atoms with Crippen LogP contribution in [-0.2, 0) is 9.53 Å². The first-order valence-corrected chi connectivity index (χ1v) is 6.43. The predicted octanol–water partition coefficient (Wildman–Crippen LogP) is 1.49. The fourth-order valence-corrected chi connectivity index (χ4v) is 1.61. The van der Waals surface area contributed by atoms with Crippen molar-refractivity contribution in [2.75, 3.05) is 26.8 Å². The molecule has 0 radical (unpaired) electrons. The van der Waals surface area contributed by atoms with Gasteiger partial charge in [0, 0.05) is 20.2 Å². The smallest absolute Gasteiger partial charge is 0.330 e. The van der Waals surface area contributed by atoms with Crippen molar-refractivity contribution in [2.45, 2.75) is 13.0 Å². The molecule has 1 aromatic rings. The molecule has 2 amide bonds. The molecule has 0 saturated carbocycles. The number of aliphatic carboxylic acids is 1. The maximum atomic E-state index is 11.9. The third-order valence-corrected chi connectivity index (χ3v) is 2.77. The van der Waals surface area contributed by atoms with Gasteiger partial charge in [0.1, 0.15) is 0 Å². The van der Waals surface area contributed by atoms with Crippen LogP contribution in [0.3, 0.4) is 0 Å². The Morgan fingerprint density at radius 3 is 2.55 bits per heavy atom. The van der Waals surface area contributed by atoms with Crippen molar-refractivity contribution < 1.29 is 19.4 Å². The van der Waals surface area contributed by atoms with Crippen molar-refractivity contribution in [3.8, 4) is 0 Å². The van der Waals surface area contributed by atoms with Gasteiger partial charge in [0.05, 0.1) is 6.61 Å². The molecule has 1 rings (SSSR count). The number of carboxylic acid groups (broad SMARTS) is 1. The van der Waals surface area contributed by atoms with Crippen LogP contribution in [-0.4, -0.2) is 48.8 Å². The van der Waals surface area contributed by atoms with Crippen molar-refractivity contribution in [1.29, 1.82) is 0 Å². The molecule has 6 nitrogen and oxygen atoms in total. The van der Waals surface area contributed by atoms with Crippen LogP contribution >= 0.6 is 0 Å². The molecule has 1 aromatic carbocycles. The first kappa shape index (κ1) is 16.0. The number of hydrogen-bond donors (Lipinski definition) is 2. The number of likely N-dealkylation sites (N-methyl/N-ethyl adjacent to an activating group) is 1. The summed E-state index contributed by atoms with van der Waals surface area (Å²) in [4.78, 5) is 24.6. The molecule has 0 fully saturated rings. The third kappa shape index (κ3) is 4.89. The van der Waals surface area contributed by atoms with Gasteiger partial charge < -0.3 is 20.1 Å². The minimum absolute atomic E-state index is 0.404. The number of nitrogens with one attached hydrogen (secondary N) is 1. The molecule has 0 aliphatic carbocycles. The number of benzene rings is 1. The van der Waals surface area contributed by atoms with E-state index in [1.165, 1.54) is 4.90 Å². The molecule has 6 heteroatoms. The number of ether oxygens (including phenoxy) is 1. The molecule has 0 heterocycles. The molecule has 0 aromatic heterocycles. The maximum absolute atomic E-state index is 11.9. The third-order valence-electron chi connectivity index (χ3n) is 2.77. The molecule has 0 saturated heterocycles. The Kier molecular flexibility index (Phi) is 6.52. The number of carbonyl (C=O) groups is 2. The molecule has 20 heavy (non-hydrogen) atoms. The number of carboxylic acids is 1. The van der Waals surface area contributed by atoms with Gasteiger partial charge >= 0.3 is 12.0 Å². The van der Waals surface area contributed by atoms with Gasteiger partial charge in [-0.15, -0.1) is 0 Å². The lowest BCUT2D eigenvalue weighted by atomic mass is 10.1. The van der Waals surface area contributed by atoms with Gasteiger partial charge in [-0.1, -0.05) is 30.3 Å². The Labute approximate surface area is 118 Å². The van der Waals surface area contributed by atoms with Gasteiger partial charge in [-0.2, -0.15) is 0 Å². The van der Waals surface area contributed by atoms with E-state index in [2.05, 4.69) is 5.32 Å². The van der Waals surface area contributed by atoms with Gasteiger partial charge in [0.15, 0.2) is 6.04 Å². The van der Waals surface area contributed by atoms with E-state index >= 15 is 0 Å². The zero-order valence-electron chi connectivity index (χ0n) is 11.7. The van der Waals surface area contributed by atoms with E-state index in [0.717, 1.165) is 0 Å². The maximum Gasteiger partial charge on any atom is 0.330 e. The van der Waals surface area contributed by atoms with Crippen LogP contribution in [0.2, 0.25) is 0 Å². The summed E-state index contributed by atoms with van der Waals surface area (Å²) >= 11 is 0. The van der Waals surface area contributed by atoms with Crippen molar-refractivity contribution >= 4 is 12.0 Å². The van der Waals surface area contributed by atoms with E-state index in [1.807, 2.05) is 6.92 Å². The monoisotopic (exact) mass is 280 g/mol. The largest absolute Gasteiger partial charge is 0.479 e. The molecule has 0 aliphatic rings. The predicted molar refractivity (Wildman–Crippen MR) is 74.5 cm³/mol. The molecule has 0 spiro atoms. The fraction of sp³-hybridized carbons (Fsp3) is 0.429. The standard InChI is InChI=1S/C14H20N2O4/c1-3-20-10-9-16(2)14(19)15-12(13(17)18)11-7-5-4-6-8-11/h4-8,12H,3,9-10H2,1-2H3,(H,15,19)(H,17,18)/t12-/m1/s1. The van der Waals surface area contributed by atoms with Gasteiger partial charge in [0.25, 0.3) is 0 Å². The first-order chi connectivity index (χ1) is 9.56. The zero-order chi connectivity index (χ0) is 15.0. The average Bonchev–Trinajstić information content (AvgIpc) is 2.45. The van der Waals surface area contributed by atoms with Crippen LogP contribution in [0.5, 0.6) is 0 Å². The molecule has 110 valence electrons. The lowest BCUT2D eigenvalue weighted by Gasteiger charge is -2.21. The van der Waals surface area contributed by atoms with Gasteiger partial charge in [0.2, 0.25) is 0 Å². The number of amides is 2. The van der Waals surface area contributed by atoms with Crippen molar-refractivity contribution in [2.24, 2.45) is 0 Å². The van der Waals surface area contributed by atoms with E-state index in [-0.39, 0.29) is 0 Å². The quantitative estimate of drug-likeness (QED) is 0.742. The first-order valence-electron chi connectivity index (χ1n) is 6.43. The second kappa shape index (κ2) is 8.16. The minimum Gasteiger partial charge on any atom is -0.479 e. The topological polar surface area (TPSA) is 78.9 Å². The van der Waals surface area contributed by atoms with Crippen molar-refractivity contribution in [1.82, 2.24) is 10.2 Å². The highest BCUT2D eigenvalue weighted by Gasteiger charge is 2.23. The number of urea groups is 1. The Morgan fingerprint density at radius 2 is 2.00 bits per heavy atom. The number of hydrogen-bond acceptors (Lipinski definition) is 3. The lowest BCUT2D eigenvalue weighted by molar-refractivity contribution is -0.139. The number of carbonyl (C=O) groups excluding carboxylic acids is 1. The molecule has 2 N–H and O–H groups in total. The Bertz CT molecular complexity index is 436. The Morgan fingerprint density at radius 1 is 1.35 bits per heavy atom. The zero-order valence-corrected chi connectivity index (χ0v) is 11.7. The second-order valence-electron chi connectivity index (χ2n) is 4.25. The molecule has 1 atom stereocenters. The molecular weight excluding hydrogens is 260 g/mol. The second-order valence-corrected chi connectivity index (χ2v) is 4.25. The van der Waals surface area contributed by atoms with E-state index < -0.39 is 18.0 Å². The average molecular weight is 280 g/mol. The van der Waals surface area contributed by atoms with E-state index in [4.69, 9.17) is 4.74 Å². The summed E-state index contributed by atoms with van der Waals surface area (Å²) in [5.41, 5.74) is 0.534. The van der Waals surface area contributed by atoms with Gasteiger partial charge in [-0.25, -0.2) is 9.59 Å². The molecule has 0 bridgehead atoms. The summed E-state index contributed by atoms with van der Waals surface area (Å²) in [7, 11) is 1.60. The van der Waals surface area contributed by atoms with E-state index in [9.17, 15) is 14.7 Å². The van der Waals surface area contributed by atoms with Crippen LogP contribution in [0, 0.1) is 0 Å². The van der Waals surface area contributed by atoms with Crippen LogP contribution in [0.15, 0.2) is 30.3 Å². The SMILES string of the molecule is CCOCCN(C)C(=O)N[C@@H](C(=O)O)c1ccccc1. The molecule has 0 aliphatic heterocycles. The summed E-state index contributed by atoms with van der Waals surface area (Å²) in [6, 6.07) is 7.09. The highest BCUT2D eigenvalue weighted by Crippen LogP contribution is 2.12. The van der Waals surface area contributed by atoms with Crippen molar-refractivity contribution in [3.05, 3.63) is 35.9 Å². The summed E-state index contributed by atoms with van der Waals surface area (Å²) in [6.07, 6.45) is 0. The van der Waals surface area contributed by atoms with E-state index in [0.29, 0.717) is 25.3 Å². The lowest BCUT2D eigenvalue weighted by Crippen LogP contribution is -2.43. The summed E-state index contributed by atoms with van der Waals surface area (Å²) in [5.74, 6) is -1.09. The van der Waals surface area contributed by atoms with Crippen LogP contribution in [0.25, 0.3) is 0 Å². The Balaban J connectivity index is 2.62. The minimum atomic E-state index is -1.09. The summed E-state index contributed by atoms with van der Waals surface area (Å²) in [6.45, 7) is 3.28. The highest BCUT2D eigenvalue weighted by molar-refractivity contribution is 5.83. The van der Waals surface area contributed by atoms with Crippen molar-refractivity contribution in [3.63, 3.8) is 0 Å².